The van der Waals surface area contributed by atoms with Crippen molar-refractivity contribution in [1.82, 2.24) is 10.2 Å². The fraction of sp³-hybridized carbons (Fsp3) is 0.933. The van der Waals surface area contributed by atoms with E-state index < -0.39 is 0 Å². The summed E-state index contributed by atoms with van der Waals surface area (Å²) in [6, 6.07) is 0.502. The molecule has 1 amide bonds. The number of carbonyl (C=O) groups excluding carboxylic acids is 1. The van der Waals surface area contributed by atoms with Gasteiger partial charge >= 0.3 is 0 Å². The van der Waals surface area contributed by atoms with Crippen LogP contribution in [0, 0.1) is 5.92 Å². The van der Waals surface area contributed by atoms with Crippen molar-refractivity contribution in [2.75, 3.05) is 25.4 Å². The van der Waals surface area contributed by atoms with Crippen LogP contribution >= 0.6 is 11.8 Å². The van der Waals surface area contributed by atoms with E-state index in [0.29, 0.717) is 23.6 Å². The van der Waals surface area contributed by atoms with E-state index in [0.717, 1.165) is 19.6 Å². The average molecular weight is 286 g/mol. The summed E-state index contributed by atoms with van der Waals surface area (Å²) in [6.07, 6.45) is 2.44. The number of hydrogen-bond acceptors (Lipinski definition) is 3. The van der Waals surface area contributed by atoms with Crippen molar-refractivity contribution in [3.63, 3.8) is 0 Å². The smallest absolute Gasteiger partial charge is 0.232 e. The van der Waals surface area contributed by atoms with Crippen LogP contribution in [0.2, 0.25) is 0 Å². The van der Waals surface area contributed by atoms with E-state index >= 15 is 0 Å². The molecule has 1 atom stereocenters. The van der Waals surface area contributed by atoms with Crippen molar-refractivity contribution >= 4 is 17.7 Å². The molecule has 112 valence electrons. The number of hydrogen-bond donors (Lipinski definition) is 1. The second-order valence-corrected chi connectivity index (χ2v) is 8.69. The van der Waals surface area contributed by atoms with Crippen LogP contribution in [-0.2, 0) is 4.79 Å². The first-order chi connectivity index (χ1) is 8.78. The molecule has 1 saturated heterocycles. The number of rotatable bonds is 6. The van der Waals surface area contributed by atoms with E-state index in [9.17, 15) is 4.79 Å². The summed E-state index contributed by atoms with van der Waals surface area (Å²) >= 11 is 1.74. The molecule has 1 rings (SSSR count). The maximum atomic E-state index is 12.4. The van der Waals surface area contributed by atoms with Crippen molar-refractivity contribution in [3.05, 3.63) is 0 Å². The molecule has 0 radical (unpaired) electrons. The Bertz CT molecular complexity index is 280. The minimum atomic E-state index is 0.158. The van der Waals surface area contributed by atoms with E-state index in [1.807, 2.05) is 0 Å². The highest BCUT2D eigenvalue weighted by Gasteiger charge is 2.23. The molecule has 1 fully saturated rings. The molecule has 0 aromatic rings. The fourth-order valence-electron chi connectivity index (χ4n) is 2.27. The van der Waals surface area contributed by atoms with Crippen molar-refractivity contribution in [2.45, 2.75) is 58.2 Å². The minimum Gasteiger partial charge on any atom is -0.340 e. The minimum absolute atomic E-state index is 0.158. The second-order valence-electron chi connectivity index (χ2n) is 6.89. The number of thioether (sulfide) groups is 1. The van der Waals surface area contributed by atoms with Crippen LogP contribution in [0.5, 0.6) is 0 Å². The van der Waals surface area contributed by atoms with Gasteiger partial charge in [-0.25, -0.2) is 0 Å². The Kier molecular flexibility index (Phi) is 6.67. The van der Waals surface area contributed by atoms with Crippen LogP contribution in [-0.4, -0.2) is 47.0 Å². The highest BCUT2D eigenvalue weighted by atomic mass is 32.2. The van der Waals surface area contributed by atoms with Gasteiger partial charge in [-0.2, -0.15) is 0 Å². The van der Waals surface area contributed by atoms with E-state index in [1.165, 1.54) is 12.8 Å². The molecule has 1 aliphatic heterocycles. The zero-order chi connectivity index (χ0) is 14.5. The molecule has 0 aromatic heterocycles. The predicted molar refractivity (Wildman–Crippen MR) is 84.7 cm³/mol. The maximum Gasteiger partial charge on any atom is 0.232 e. The molecule has 0 aliphatic carbocycles. The van der Waals surface area contributed by atoms with Gasteiger partial charge in [-0.15, -0.1) is 11.8 Å². The van der Waals surface area contributed by atoms with E-state index in [1.54, 1.807) is 11.8 Å². The molecule has 3 nitrogen and oxygen atoms in total. The van der Waals surface area contributed by atoms with Gasteiger partial charge in [0, 0.05) is 23.9 Å². The Morgan fingerprint density at radius 2 is 2.11 bits per heavy atom. The zero-order valence-corrected chi connectivity index (χ0v) is 14.0. The number of amides is 1. The first kappa shape index (κ1) is 16.8. The molecule has 4 heteroatoms. The highest BCUT2D eigenvalue weighted by molar-refractivity contribution is 8.01. The second kappa shape index (κ2) is 7.53. The molecule has 0 saturated carbocycles. The summed E-state index contributed by atoms with van der Waals surface area (Å²) in [5.74, 6) is 1.43. The third-order valence-corrected chi connectivity index (χ3v) is 4.43. The summed E-state index contributed by atoms with van der Waals surface area (Å²) < 4.78 is 0.158. The summed E-state index contributed by atoms with van der Waals surface area (Å²) in [4.78, 5) is 14.5. The van der Waals surface area contributed by atoms with Crippen molar-refractivity contribution < 1.29 is 4.79 Å². The third kappa shape index (κ3) is 7.21. The Balaban J connectivity index is 2.49. The van der Waals surface area contributed by atoms with E-state index in [-0.39, 0.29) is 4.75 Å². The lowest BCUT2D eigenvalue weighted by atomic mass is 10.1. The summed E-state index contributed by atoms with van der Waals surface area (Å²) in [5.41, 5.74) is 0. The standard InChI is InChI=1S/C15H30N2OS/c1-12(2)9-17(10-13-7-6-8-16-13)14(18)11-19-15(3,4)5/h12-13,16H,6-11H2,1-5H3. The van der Waals surface area contributed by atoms with Gasteiger partial charge in [0.2, 0.25) is 5.91 Å². The maximum absolute atomic E-state index is 12.4. The van der Waals surface area contributed by atoms with E-state index in [4.69, 9.17) is 0 Å². The highest BCUT2D eigenvalue weighted by Crippen LogP contribution is 2.23. The molecule has 0 bridgehead atoms. The van der Waals surface area contributed by atoms with Gasteiger partial charge < -0.3 is 10.2 Å². The van der Waals surface area contributed by atoms with Gasteiger partial charge in [0.1, 0.15) is 0 Å². The third-order valence-electron chi connectivity index (χ3n) is 3.17. The lowest BCUT2D eigenvalue weighted by Crippen LogP contribution is -2.43. The molecule has 19 heavy (non-hydrogen) atoms. The molecular weight excluding hydrogens is 256 g/mol. The Hall–Kier alpha value is -0.220. The summed E-state index contributed by atoms with van der Waals surface area (Å²) in [6.45, 7) is 13.7. The number of nitrogens with zero attached hydrogens (tertiary/aromatic N) is 1. The van der Waals surface area contributed by atoms with Gasteiger partial charge in [0.25, 0.3) is 0 Å². The van der Waals surface area contributed by atoms with Gasteiger partial charge in [0.05, 0.1) is 5.75 Å². The van der Waals surface area contributed by atoms with Crippen LogP contribution in [0.25, 0.3) is 0 Å². The summed E-state index contributed by atoms with van der Waals surface area (Å²) in [7, 11) is 0. The molecule has 1 aliphatic rings. The van der Waals surface area contributed by atoms with Gasteiger partial charge in [-0.1, -0.05) is 34.6 Å². The van der Waals surface area contributed by atoms with Crippen molar-refractivity contribution in [3.8, 4) is 0 Å². The number of nitrogens with one attached hydrogen (secondary N) is 1. The Morgan fingerprint density at radius 3 is 2.58 bits per heavy atom. The van der Waals surface area contributed by atoms with Crippen LogP contribution in [0.15, 0.2) is 0 Å². The number of carbonyl (C=O) groups is 1. The first-order valence-electron chi connectivity index (χ1n) is 7.43. The Labute approximate surface area is 122 Å². The molecule has 0 spiro atoms. The van der Waals surface area contributed by atoms with E-state index in [2.05, 4.69) is 44.8 Å². The van der Waals surface area contributed by atoms with Gasteiger partial charge in [-0.05, 0) is 25.3 Å². The zero-order valence-electron chi connectivity index (χ0n) is 13.2. The van der Waals surface area contributed by atoms with Gasteiger partial charge in [0.15, 0.2) is 0 Å². The molecular formula is C15H30N2OS. The normalized spacial score (nSPS) is 20.0. The predicted octanol–water partition coefficient (Wildman–Crippen LogP) is 2.75. The van der Waals surface area contributed by atoms with Crippen molar-refractivity contribution in [2.24, 2.45) is 5.92 Å². The van der Waals surface area contributed by atoms with Gasteiger partial charge in [-0.3, -0.25) is 4.79 Å². The monoisotopic (exact) mass is 286 g/mol. The summed E-state index contributed by atoms with van der Waals surface area (Å²) in [5, 5.41) is 3.49. The molecule has 1 N–H and O–H groups in total. The Morgan fingerprint density at radius 1 is 1.42 bits per heavy atom. The largest absolute Gasteiger partial charge is 0.340 e. The fourth-order valence-corrected chi connectivity index (χ4v) is 3.01. The topological polar surface area (TPSA) is 32.3 Å². The quantitative estimate of drug-likeness (QED) is 0.815. The van der Waals surface area contributed by atoms with Crippen LogP contribution in [0.4, 0.5) is 0 Å². The lowest BCUT2D eigenvalue weighted by Gasteiger charge is -2.28. The van der Waals surface area contributed by atoms with Crippen molar-refractivity contribution in [1.29, 1.82) is 0 Å². The van der Waals surface area contributed by atoms with Crippen LogP contribution < -0.4 is 5.32 Å². The first-order valence-corrected chi connectivity index (χ1v) is 8.41. The van der Waals surface area contributed by atoms with Crippen LogP contribution in [0.3, 0.4) is 0 Å². The SMILES string of the molecule is CC(C)CN(CC1CCCN1)C(=O)CSC(C)(C)C. The molecule has 1 heterocycles. The average Bonchev–Trinajstić information content (AvgIpc) is 2.76. The molecule has 0 aromatic carbocycles. The lowest BCUT2D eigenvalue weighted by molar-refractivity contribution is -0.129. The van der Waals surface area contributed by atoms with Crippen LogP contribution in [0.1, 0.15) is 47.5 Å². The molecule has 1 unspecified atom stereocenters.